The van der Waals surface area contributed by atoms with E-state index in [1.165, 1.54) is 70.6 Å². The molecule has 4 heteroatoms. The van der Waals surface area contributed by atoms with E-state index in [4.69, 9.17) is 4.74 Å². The van der Waals surface area contributed by atoms with Crippen LogP contribution in [0, 0.1) is 0 Å². The SMILES string of the molecule is CCCCCCCCCCCCCCOC(=O)CCSCCBr. The van der Waals surface area contributed by atoms with Gasteiger partial charge in [-0.3, -0.25) is 4.79 Å². The summed E-state index contributed by atoms with van der Waals surface area (Å²) in [7, 11) is 0. The van der Waals surface area contributed by atoms with Crippen LogP contribution < -0.4 is 0 Å². The second-order valence-corrected chi connectivity index (χ2v) is 8.18. The Kier molecular flexibility index (Phi) is 20.6. The molecule has 0 saturated carbocycles. The van der Waals surface area contributed by atoms with Gasteiger partial charge < -0.3 is 4.74 Å². The van der Waals surface area contributed by atoms with Crippen molar-refractivity contribution in [2.75, 3.05) is 23.4 Å². The van der Waals surface area contributed by atoms with E-state index >= 15 is 0 Å². The van der Waals surface area contributed by atoms with Gasteiger partial charge in [-0.05, 0) is 6.42 Å². The van der Waals surface area contributed by atoms with Crippen LogP contribution in [0.2, 0.25) is 0 Å². The summed E-state index contributed by atoms with van der Waals surface area (Å²) >= 11 is 5.17. The minimum absolute atomic E-state index is 0.0323. The minimum Gasteiger partial charge on any atom is -0.466 e. The number of rotatable bonds is 18. The highest BCUT2D eigenvalue weighted by Crippen LogP contribution is 2.12. The van der Waals surface area contributed by atoms with Gasteiger partial charge in [0, 0.05) is 16.8 Å². The monoisotopic (exact) mass is 408 g/mol. The van der Waals surface area contributed by atoms with E-state index in [1.807, 2.05) is 0 Å². The molecule has 2 nitrogen and oxygen atoms in total. The summed E-state index contributed by atoms with van der Waals surface area (Å²) in [5.74, 6) is 1.91. The van der Waals surface area contributed by atoms with Gasteiger partial charge in [0.05, 0.1) is 13.0 Å². The van der Waals surface area contributed by atoms with Crippen LogP contribution in [0.1, 0.15) is 90.4 Å². The van der Waals surface area contributed by atoms with E-state index in [2.05, 4.69) is 22.9 Å². The molecule has 0 aliphatic carbocycles. The predicted octanol–water partition coefficient (Wildman–Crippen LogP) is 6.75. The van der Waals surface area contributed by atoms with Crippen molar-refractivity contribution in [3.05, 3.63) is 0 Å². The summed E-state index contributed by atoms with van der Waals surface area (Å²) in [6.45, 7) is 2.88. The smallest absolute Gasteiger partial charge is 0.306 e. The quantitative estimate of drug-likeness (QED) is 0.142. The molecule has 0 unspecified atom stereocenters. The third kappa shape index (κ3) is 20.3. The molecule has 0 saturated heterocycles. The maximum atomic E-state index is 11.5. The molecule has 138 valence electrons. The van der Waals surface area contributed by atoms with Gasteiger partial charge in [0.25, 0.3) is 0 Å². The number of carbonyl (C=O) groups is 1. The lowest BCUT2D eigenvalue weighted by Gasteiger charge is -2.05. The van der Waals surface area contributed by atoms with Crippen molar-refractivity contribution in [1.82, 2.24) is 0 Å². The molecule has 0 rings (SSSR count). The van der Waals surface area contributed by atoms with Crippen molar-refractivity contribution in [1.29, 1.82) is 0 Å². The third-order valence-corrected chi connectivity index (χ3v) is 5.84. The number of esters is 1. The average molecular weight is 409 g/mol. The number of alkyl halides is 1. The van der Waals surface area contributed by atoms with Crippen molar-refractivity contribution in [3.63, 3.8) is 0 Å². The van der Waals surface area contributed by atoms with E-state index in [1.54, 1.807) is 11.8 Å². The van der Waals surface area contributed by atoms with Crippen molar-refractivity contribution in [2.24, 2.45) is 0 Å². The second-order valence-electron chi connectivity index (χ2n) is 6.16. The van der Waals surface area contributed by atoms with E-state index in [0.717, 1.165) is 23.3 Å². The van der Waals surface area contributed by atoms with Gasteiger partial charge in [0.1, 0.15) is 0 Å². The number of halogens is 1. The Bertz CT molecular complexity index is 250. The lowest BCUT2D eigenvalue weighted by molar-refractivity contribution is -0.143. The molecular formula is C19H37BrO2S. The zero-order chi connectivity index (χ0) is 17.0. The summed E-state index contributed by atoms with van der Waals surface area (Å²) in [6, 6.07) is 0. The van der Waals surface area contributed by atoms with E-state index < -0.39 is 0 Å². The normalized spacial score (nSPS) is 10.9. The van der Waals surface area contributed by atoms with Gasteiger partial charge in [0.2, 0.25) is 0 Å². The summed E-state index contributed by atoms with van der Waals surface area (Å²) < 4.78 is 5.25. The highest BCUT2D eigenvalue weighted by Gasteiger charge is 2.02. The van der Waals surface area contributed by atoms with Crippen LogP contribution in [-0.4, -0.2) is 29.4 Å². The van der Waals surface area contributed by atoms with E-state index in [0.29, 0.717) is 13.0 Å². The van der Waals surface area contributed by atoms with Crippen LogP contribution in [0.4, 0.5) is 0 Å². The second kappa shape index (κ2) is 20.3. The van der Waals surface area contributed by atoms with Crippen LogP contribution in [0.25, 0.3) is 0 Å². The highest BCUT2D eigenvalue weighted by molar-refractivity contribution is 9.09. The predicted molar refractivity (Wildman–Crippen MR) is 108 cm³/mol. The first-order chi connectivity index (χ1) is 11.3. The van der Waals surface area contributed by atoms with Crippen LogP contribution in [-0.2, 0) is 9.53 Å². The lowest BCUT2D eigenvalue weighted by Crippen LogP contribution is -2.07. The molecule has 0 amide bonds. The van der Waals surface area contributed by atoms with Crippen LogP contribution >= 0.6 is 27.7 Å². The Morgan fingerprint density at radius 3 is 1.87 bits per heavy atom. The summed E-state index contributed by atoms with van der Waals surface area (Å²) in [5.41, 5.74) is 0. The average Bonchev–Trinajstić information content (AvgIpc) is 2.56. The molecule has 0 spiro atoms. The van der Waals surface area contributed by atoms with Crippen LogP contribution in [0.5, 0.6) is 0 Å². The number of thioether (sulfide) groups is 1. The molecule has 23 heavy (non-hydrogen) atoms. The summed E-state index contributed by atoms with van der Waals surface area (Å²) in [5, 5.41) is 0.992. The Hall–Kier alpha value is 0.300. The van der Waals surface area contributed by atoms with Gasteiger partial charge in [-0.2, -0.15) is 11.8 Å². The molecule has 0 aromatic heterocycles. The van der Waals surface area contributed by atoms with Gasteiger partial charge in [-0.15, -0.1) is 0 Å². The molecular weight excluding hydrogens is 372 g/mol. The Labute approximate surface area is 157 Å². The number of hydrogen-bond donors (Lipinski definition) is 0. The fourth-order valence-corrected chi connectivity index (χ4v) is 3.82. The first-order valence-electron chi connectivity index (χ1n) is 9.60. The topological polar surface area (TPSA) is 26.3 Å². The van der Waals surface area contributed by atoms with Crippen molar-refractivity contribution >= 4 is 33.7 Å². The lowest BCUT2D eigenvalue weighted by atomic mass is 10.1. The number of unbranched alkanes of at least 4 members (excludes halogenated alkanes) is 11. The van der Waals surface area contributed by atoms with Crippen LogP contribution in [0.3, 0.4) is 0 Å². The molecule has 0 aromatic carbocycles. The molecule has 0 fully saturated rings. The van der Waals surface area contributed by atoms with E-state index in [9.17, 15) is 4.79 Å². The van der Waals surface area contributed by atoms with Crippen molar-refractivity contribution in [3.8, 4) is 0 Å². The number of hydrogen-bond acceptors (Lipinski definition) is 3. The summed E-state index contributed by atoms with van der Waals surface area (Å²) in [6.07, 6.45) is 16.6. The highest BCUT2D eigenvalue weighted by atomic mass is 79.9. The first kappa shape index (κ1) is 23.3. The van der Waals surface area contributed by atoms with Gasteiger partial charge in [-0.1, -0.05) is 93.5 Å². The maximum absolute atomic E-state index is 11.5. The summed E-state index contributed by atoms with van der Waals surface area (Å²) in [4.78, 5) is 11.5. The Morgan fingerprint density at radius 2 is 1.35 bits per heavy atom. The Morgan fingerprint density at radius 1 is 0.826 bits per heavy atom. The minimum atomic E-state index is -0.0323. The van der Waals surface area contributed by atoms with Crippen molar-refractivity contribution < 1.29 is 9.53 Å². The molecule has 0 aliphatic rings. The molecule has 0 radical (unpaired) electrons. The molecule has 0 atom stereocenters. The van der Waals surface area contributed by atoms with Gasteiger partial charge in [-0.25, -0.2) is 0 Å². The zero-order valence-corrected chi connectivity index (χ0v) is 17.5. The molecule has 0 heterocycles. The van der Waals surface area contributed by atoms with Gasteiger partial charge in [0.15, 0.2) is 0 Å². The fourth-order valence-electron chi connectivity index (χ4n) is 2.51. The van der Waals surface area contributed by atoms with E-state index in [-0.39, 0.29) is 5.97 Å². The first-order valence-corrected chi connectivity index (χ1v) is 11.9. The molecule has 0 aromatic rings. The maximum Gasteiger partial charge on any atom is 0.306 e. The largest absolute Gasteiger partial charge is 0.466 e. The Balaban J connectivity index is 3.08. The number of ether oxygens (including phenoxy) is 1. The zero-order valence-electron chi connectivity index (χ0n) is 15.1. The van der Waals surface area contributed by atoms with Crippen LogP contribution in [0.15, 0.2) is 0 Å². The molecule has 0 bridgehead atoms. The standard InChI is InChI=1S/C19H37BrO2S/c1-2-3-4-5-6-7-8-9-10-11-12-13-16-22-19(21)14-17-23-18-15-20/h2-18H2,1H3. The fraction of sp³-hybridized carbons (Fsp3) is 0.947. The van der Waals surface area contributed by atoms with Gasteiger partial charge >= 0.3 is 5.97 Å². The number of carbonyl (C=O) groups excluding carboxylic acids is 1. The molecule has 0 aliphatic heterocycles. The third-order valence-electron chi connectivity index (χ3n) is 3.93. The van der Waals surface area contributed by atoms with Crippen molar-refractivity contribution in [2.45, 2.75) is 90.4 Å². The molecule has 0 N–H and O–H groups in total.